The first kappa shape index (κ1) is 8.26. The van der Waals surface area contributed by atoms with Gasteiger partial charge in [-0.05, 0) is 19.4 Å². The van der Waals surface area contributed by atoms with E-state index in [-0.39, 0.29) is 0 Å². The summed E-state index contributed by atoms with van der Waals surface area (Å²) >= 11 is 3.57. The first-order valence-corrected chi connectivity index (χ1v) is 4.90. The van der Waals surface area contributed by atoms with E-state index >= 15 is 0 Å². The summed E-state index contributed by atoms with van der Waals surface area (Å²) in [5, 5.41) is 0. The summed E-state index contributed by atoms with van der Waals surface area (Å²) in [6.07, 6.45) is 4.15. The Bertz CT molecular complexity index is 94.8. The van der Waals surface area contributed by atoms with Crippen molar-refractivity contribution >= 4 is 23.5 Å². The molecule has 46 valence electrons. The van der Waals surface area contributed by atoms with E-state index in [0.29, 0.717) is 4.58 Å². The molecule has 0 spiro atoms. The first-order chi connectivity index (χ1) is 3.85. The van der Waals surface area contributed by atoms with Crippen LogP contribution in [0.15, 0.2) is 0 Å². The zero-order chi connectivity index (χ0) is 6.41. The molecule has 0 bridgehead atoms. The van der Waals surface area contributed by atoms with Gasteiger partial charge in [0.1, 0.15) is 4.58 Å². The van der Waals surface area contributed by atoms with Crippen molar-refractivity contribution < 1.29 is 0 Å². The molecule has 0 rings (SSSR count). The van der Waals surface area contributed by atoms with Crippen LogP contribution in [0, 0.1) is 11.8 Å². The Labute approximate surface area is 59.8 Å². The lowest BCUT2D eigenvalue weighted by Crippen LogP contribution is -1.87. The fourth-order valence-electron chi connectivity index (χ4n) is 0.332. The Morgan fingerprint density at radius 2 is 1.75 bits per heavy atom. The van der Waals surface area contributed by atoms with Crippen LogP contribution in [0.1, 0.15) is 6.92 Å². The maximum absolute atomic E-state index is 3.06. The van der Waals surface area contributed by atoms with E-state index in [2.05, 4.69) is 24.4 Å². The topological polar surface area (TPSA) is 0 Å². The van der Waals surface area contributed by atoms with E-state index in [9.17, 15) is 0 Å². The van der Waals surface area contributed by atoms with Gasteiger partial charge in [0.25, 0.3) is 0 Å². The molecule has 0 fully saturated rings. The van der Waals surface area contributed by atoms with Gasteiger partial charge in [-0.25, -0.2) is 0 Å². The van der Waals surface area contributed by atoms with Crippen molar-refractivity contribution in [3.63, 3.8) is 0 Å². The second kappa shape index (κ2) is 5.40. The summed E-state index contributed by atoms with van der Waals surface area (Å²) in [4.78, 5) is 0. The maximum Gasteiger partial charge on any atom is 0.110 e. The van der Waals surface area contributed by atoms with Gasteiger partial charge in [-0.1, -0.05) is 5.92 Å². The van der Waals surface area contributed by atoms with Gasteiger partial charge < -0.3 is 0 Å². The van der Waals surface area contributed by atoms with Crippen molar-refractivity contribution in [2.75, 3.05) is 12.5 Å². The summed E-state index contributed by atoms with van der Waals surface area (Å²) < 4.78 is 0.472. The van der Waals surface area contributed by atoms with Crippen LogP contribution in [-0.2, 0) is 0 Å². The van der Waals surface area contributed by atoms with Crippen molar-refractivity contribution in [1.29, 1.82) is 0 Å². The number of thioether (sulfide) groups is 2. The molecule has 0 N–H and O–H groups in total. The molecular formula is C6H10S2. The third-order valence-electron chi connectivity index (χ3n) is 0.690. The van der Waals surface area contributed by atoms with E-state index in [1.54, 1.807) is 23.5 Å². The third-order valence-corrected chi connectivity index (χ3v) is 2.94. The van der Waals surface area contributed by atoms with Crippen molar-refractivity contribution in [3.05, 3.63) is 0 Å². The summed E-state index contributed by atoms with van der Waals surface area (Å²) in [5.41, 5.74) is 0. The maximum atomic E-state index is 3.06. The van der Waals surface area contributed by atoms with Gasteiger partial charge in [-0.2, -0.15) is 0 Å². The summed E-state index contributed by atoms with van der Waals surface area (Å²) in [5.74, 6) is 5.94. The Hall–Kier alpha value is 0.260. The highest BCUT2D eigenvalue weighted by Gasteiger charge is 1.94. The highest BCUT2D eigenvalue weighted by Crippen LogP contribution is 2.16. The number of rotatable bonds is 2. The van der Waals surface area contributed by atoms with Crippen molar-refractivity contribution in [2.24, 2.45) is 0 Å². The molecule has 0 aromatic carbocycles. The lowest BCUT2D eigenvalue weighted by molar-refractivity contribution is 1.74. The van der Waals surface area contributed by atoms with Crippen LogP contribution in [-0.4, -0.2) is 17.1 Å². The minimum atomic E-state index is 0.472. The molecule has 0 aromatic rings. The van der Waals surface area contributed by atoms with E-state index in [0.717, 1.165) is 0 Å². The third kappa shape index (κ3) is 3.29. The molecular weight excluding hydrogens is 136 g/mol. The molecule has 0 radical (unpaired) electrons. The predicted molar refractivity (Wildman–Crippen MR) is 44.3 cm³/mol. The van der Waals surface area contributed by atoms with E-state index in [1.165, 1.54) is 0 Å². The fourth-order valence-corrected chi connectivity index (χ4v) is 1.57. The lowest BCUT2D eigenvalue weighted by Gasteiger charge is -1.98. The molecule has 0 heterocycles. The van der Waals surface area contributed by atoms with Crippen molar-refractivity contribution in [1.82, 2.24) is 0 Å². The van der Waals surface area contributed by atoms with Crippen LogP contribution in [0.5, 0.6) is 0 Å². The van der Waals surface area contributed by atoms with E-state index in [4.69, 9.17) is 0 Å². The van der Waals surface area contributed by atoms with Gasteiger partial charge in [0.05, 0.1) is 0 Å². The summed E-state index contributed by atoms with van der Waals surface area (Å²) in [6, 6.07) is 0. The van der Waals surface area contributed by atoms with E-state index < -0.39 is 0 Å². The Kier molecular flexibility index (Phi) is 5.57. The van der Waals surface area contributed by atoms with Gasteiger partial charge in [-0.15, -0.1) is 29.4 Å². The van der Waals surface area contributed by atoms with Crippen LogP contribution in [0.4, 0.5) is 0 Å². The zero-order valence-electron chi connectivity index (χ0n) is 5.39. The Morgan fingerprint density at radius 3 is 1.88 bits per heavy atom. The normalized spacial score (nSPS) is 8.50. The number of hydrogen-bond acceptors (Lipinski definition) is 2. The first-order valence-electron chi connectivity index (χ1n) is 2.33. The average Bonchev–Trinajstić information content (AvgIpc) is 1.83. The predicted octanol–water partition coefficient (Wildman–Crippen LogP) is 2.06. The quantitative estimate of drug-likeness (QED) is 0.432. The van der Waals surface area contributed by atoms with Crippen LogP contribution < -0.4 is 0 Å². The smallest absolute Gasteiger partial charge is 0.110 e. The largest absolute Gasteiger partial charge is 0.138 e. The van der Waals surface area contributed by atoms with Gasteiger partial charge in [0, 0.05) is 0 Å². The molecule has 0 aliphatic rings. The SMILES string of the molecule is CC#CC(SC)SC. The minimum absolute atomic E-state index is 0.472. The molecule has 0 aliphatic carbocycles. The molecule has 0 unspecified atom stereocenters. The molecule has 8 heavy (non-hydrogen) atoms. The monoisotopic (exact) mass is 146 g/mol. The molecule has 0 aliphatic heterocycles. The number of hydrogen-bond donors (Lipinski definition) is 0. The lowest BCUT2D eigenvalue weighted by atomic mass is 10.7. The summed E-state index contributed by atoms with van der Waals surface area (Å²) in [6.45, 7) is 1.87. The van der Waals surface area contributed by atoms with Crippen molar-refractivity contribution in [2.45, 2.75) is 11.5 Å². The second-order valence-corrected chi connectivity index (χ2v) is 3.38. The standard InChI is InChI=1S/C6H10S2/c1-4-5-6(7-2)8-3/h6H,1-3H3. The molecule has 0 nitrogen and oxygen atoms in total. The van der Waals surface area contributed by atoms with E-state index in [1.807, 2.05) is 6.92 Å². The Balaban J connectivity index is 3.47. The highest BCUT2D eigenvalue weighted by molar-refractivity contribution is 8.16. The summed E-state index contributed by atoms with van der Waals surface area (Å²) in [7, 11) is 0. The van der Waals surface area contributed by atoms with Gasteiger partial charge in [-0.3, -0.25) is 0 Å². The average molecular weight is 146 g/mol. The van der Waals surface area contributed by atoms with Crippen LogP contribution >= 0.6 is 23.5 Å². The van der Waals surface area contributed by atoms with Gasteiger partial charge in [0.2, 0.25) is 0 Å². The minimum Gasteiger partial charge on any atom is -0.138 e. The fraction of sp³-hybridized carbons (Fsp3) is 0.667. The van der Waals surface area contributed by atoms with Crippen LogP contribution in [0.3, 0.4) is 0 Å². The van der Waals surface area contributed by atoms with Gasteiger partial charge >= 0.3 is 0 Å². The van der Waals surface area contributed by atoms with Crippen LogP contribution in [0.25, 0.3) is 0 Å². The molecule has 0 aromatic heterocycles. The molecule has 0 amide bonds. The second-order valence-electron chi connectivity index (χ2n) is 1.20. The van der Waals surface area contributed by atoms with Gasteiger partial charge in [0.15, 0.2) is 0 Å². The highest BCUT2D eigenvalue weighted by atomic mass is 32.2. The molecule has 0 saturated heterocycles. The van der Waals surface area contributed by atoms with Crippen LogP contribution in [0.2, 0.25) is 0 Å². The zero-order valence-corrected chi connectivity index (χ0v) is 7.03. The molecule has 2 heteroatoms. The molecule has 0 atom stereocenters. The van der Waals surface area contributed by atoms with Crippen molar-refractivity contribution in [3.8, 4) is 11.8 Å². The Morgan fingerprint density at radius 1 is 1.25 bits per heavy atom. The molecule has 0 saturated carbocycles.